The molecule has 1 atom stereocenters. The highest BCUT2D eigenvalue weighted by atomic mass is 16.6. The molecule has 0 aromatic rings. The molecule has 0 spiro atoms. The number of allylic oxidation sites excluding steroid dienone is 2. The number of esters is 2. The number of unbranched alkanes of at least 4 members (excludes halogenated alkanes) is 37. The van der Waals surface area contributed by atoms with Crippen molar-refractivity contribution in [2.24, 2.45) is 0 Å². The Hall–Kier alpha value is -1.36. The molecule has 0 aliphatic heterocycles. The van der Waals surface area contributed by atoms with E-state index in [1.54, 1.807) is 0 Å². The van der Waals surface area contributed by atoms with E-state index < -0.39 is 6.10 Å². The molecule has 0 radical (unpaired) electrons. The molecule has 0 rings (SSSR count). The van der Waals surface area contributed by atoms with Crippen molar-refractivity contribution in [1.82, 2.24) is 0 Å². The molecule has 0 amide bonds. The Labute approximate surface area is 350 Å². The summed E-state index contributed by atoms with van der Waals surface area (Å²) >= 11 is 0. The maximum Gasteiger partial charge on any atom is 0.306 e. The van der Waals surface area contributed by atoms with E-state index >= 15 is 0 Å². The minimum Gasteiger partial charge on any atom is -0.462 e. The molecule has 0 saturated heterocycles. The maximum atomic E-state index is 12.2. The quantitative estimate of drug-likeness (QED) is 0.0378. The lowest BCUT2D eigenvalue weighted by molar-refractivity contribution is -0.161. The van der Waals surface area contributed by atoms with Crippen molar-refractivity contribution in [2.75, 3.05) is 13.2 Å². The summed E-state index contributed by atoms with van der Waals surface area (Å²) in [5.74, 6) is -0.584. The average molecular weight is 791 g/mol. The van der Waals surface area contributed by atoms with Gasteiger partial charge in [0.2, 0.25) is 0 Å². The van der Waals surface area contributed by atoms with E-state index in [9.17, 15) is 14.7 Å². The summed E-state index contributed by atoms with van der Waals surface area (Å²) in [7, 11) is 0. The number of carbonyl (C=O) groups is 2. The number of aliphatic hydroxyl groups excluding tert-OH is 1. The first-order valence-electron chi connectivity index (χ1n) is 25.2. The Kier molecular flexibility index (Phi) is 46.8. The Morgan fingerprint density at radius 3 is 0.964 bits per heavy atom. The van der Waals surface area contributed by atoms with Crippen LogP contribution in [0.15, 0.2) is 12.2 Å². The molecule has 1 unspecified atom stereocenters. The van der Waals surface area contributed by atoms with Crippen molar-refractivity contribution in [2.45, 2.75) is 290 Å². The highest BCUT2D eigenvalue weighted by Gasteiger charge is 2.16. The van der Waals surface area contributed by atoms with Crippen molar-refractivity contribution in [1.29, 1.82) is 0 Å². The van der Waals surface area contributed by atoms with E-state index in [-0.39, 0.29) is 25.2 Å². The van der Waals surface area contributed by atoms with Gasteiger partial charge in [-0.25, -0.2) is 0 Å². The van der Waals surface area contributed by atoms with E-state index in [2.05, 4.69) is 26.0 Å². The maximum absolute atomic E-state index is 12.2. The molecule has 0 bridgehead atoms. The van der Waals surface area contributed by atoms with Crippen LogP contribution in [0.3, 0.4) is 0 Å². The van der Waals surface area contributed by atoms with Crippen molar-refractivity contribution in [3.8, 4) is 0 Å². The van der Waals surface area contributed by atoms with E-state index in [1.807, 2.05) is 0 Å². The third kappa shape index (κ3) is 45.3. The molecule has 0 aliphatic carbocycles. The number of carbonyl (C=O) groups excluding carboxylic acids is 2. The zero-order valence-electron chi connectivity index (χ0n) is 37.9. The second kappa shape index (κ2) is 48.0. The normalized spacial score (nSPS) is 12.1. The van der Waals surface area contributed by atoms with Gasteiger partial charge in [0.25, 0.3) is 0 Å². The fraction of sp³-hybridized carbons (Fsp3) is 0.922. The molecule has 332 valence electrons. The highest BCUT2D eigenvalue weighted by Crippen LogP contribution is 2.17. The summed E-state index contributed by atoms with van der Waals surface area (Å²) in [6.45, 7) is 4.17. The lowest BCUT2D eigenvalue weighted by Gasteiger charge is -2.15. The molecule has 5 heteroatoms. The third-order valence-corrected chi connectivity index (χ3v) is 11.6. The molecule has 0 heterocycles. The van der Waals surface area contributed by atoms with Crippen LogP contribution < -0.4 is 0 Å². The molecule has 5 nitrogen and oxygen atoms in total. The molecular weight excluding hydrogens is 693 g/mol. The van der Waals surface area contributed by atoms with E-state index in [0.29, 0.717) is 12.8 Å². The summed E-state index contributed by atoms with van der Waals surface area (Å²) in [4.78, 5) is 24.4. The van der Waals surface area contributed by atoms with Gasteiger partial charge < -0.3 is 14.6 Å². The van der Waals surface area contributed by atoms with Gasteiger partial charge in [-0.15, -0.1) is 0 Å². The Bertz CT molecular complexity index is 810. The van der Waals surface area contributed by atoms with Gasteiger partial charge in [0.05, 0.1) is 6.61 Å². The SMILES string of the molecule is CCCCCCCC/C=C\CCCCCCCC(=O)OC(CO)COC(=O)CCCCCCCCCCCCCCCCCCCCCCCCCCCCC. The van der Waals surface area contributed by atoms with Crippen molar-refractivity contribution < 1.29 is 24.2 Å². The number of rotatable bonds is 47. The van der Waals surface area contributed by atoms with Gasteiger partial charge in [-0.05, 0) is 38.5 Å². The van der Waals surface area contributed by atoms with Crippen LogP contribution in [0, 0.1) is 0 Å². The Morgan fingerprint density at radius 2 is 0.661 bits per heavy atom. The topological polar surface area (TPSA) is 72.8 Å². The van der Waals surface area contributed by atoms with Crippen LogP contribution in [0.2, 0.25) is 0 Å². The van der Waals surface area contributed by atoms with E-state index in [4.69, 9.17) is 9.47 Å². The summed E-state index contributed by atoms with van der Waals surface area (Å²) in [6, 6.07) is 0. The molecular formula is C51H98O5. The molecule has 0 aliphatic rings. The largest absolute Gasteiger partial charge is 0.462 e. The summed E-state index contributed by atoms with van der Waals surface area (Å²) in [5.41, 5.74) is 0. The average Bonchev–Trinajstić information content (AvgIpc) is 3.20. The minimum absolute atomic E-state index is 0.0625. The minimum atomic E-state index is -0.770. The zero-order chi connectivity index (χ0) is 40.7. The summed E-state index contributed by atoms with van der Waals surface area (Å²) in [5, 5.41) is 9.60. The fourth-order valence-electron chi connectivity index (χ4n) is 7.73. The predicted octanol–water partition coefficient (Wildman–Crippen LogP) is 16.4. The van der Waals surface area contributed by atoms with Crippen LogP contribution in [0.1, 0.15) is 284 Å². The predicted molar refractivity (Wildman–Crippen MR) is 242 cm³/mol. The first kappa shape index (κ1) is 54.6. The summed E-state index contributed by atoms with van der Waals surface area (Å²) < 4.78 is 10.7. The molecule has 0 saturated carbocycles. The van der Waals surface area contributed by atoms with Crippen LogP contribution in [-0.4, -0.2) is 36.4 Å². The van der Waals surface area contributed by atoms with Crippen LogP contribution in [0.4, 0.5) is 0 Å². The van der Waals surface area contributed by atoms with Crippen LogP contribution in [-0.2, 0) is 19.1 Å². The number of aliphatic hydroxyl groups is 1. The first-order chi connectivity index (χ1) is 27.6. The monoisotopic (exact) mass is 791 g/mol. The molecule has 0 aromatic carbocycles. The standard InChI is InChI=1S/C51H98O5/c1-3-5-7-9-11-13-15-17-19-20-21-22-23-24-25-26-27-28-29-30-32-33-35-37-39-41-43-45-50(53)55-48-49(47-52)56-51(54)46-44-42-40-38-36-34-31-18-16-14-12-10-8-6-4-2/h18,31,49,52H,3-17,19-30,32-48H2,1-2H3/b31-18-. The highest BCUT2D eigenvalue weighted by molar-refractivity contribution is 5.70. The third-order valence-electron chi connectivity index (χ3n) is 11.6. The van der Waals surface area contributed by atoms with Crippen molar-refractivity contribution in [3.05, 3.63) is 12.2 Å². The van der Waals surface area contributed by atoms with Crippen LogP contribution >= 0.6 is 0 Å². The first-order valence-corrected chi connectivity index (χ1v) is 25.2. The smallest absolute Gasteiger partial charge is 0.306 e. The van der Waals surface area contributed by atoms with E-state index in [0.717, 1.165) is 38.5 Å². The lowest BCUT2D eigenvalue weighted by Crippen LogP contribution is -2.28. The molecule has 0 fully saturated rings. The van der Waals surface area contributed by atoms with Gasteiger partial charge in [0.15, 0.2) is 6.10 Å². The number of hydrogen-bond acceptors (Lipinski definition) is 5. The molecule has 1 N–H and O–H groups in total. The van der Waals surface area contributed by atoms with Gasteiger partial charge in [0.1, 0.15) is 6.61 Å². The number of hydrogen-bond donors (Lipinski definition) is 1. The van der Waals surface area contributed by atoms with Crippen molar-refractivity contribution in [3.63, 3.8) is 0 Å². The van der Waals surface area contributed by atoms with Gasteiger partial charge >= 0.3 is 11.9 Å². The second-order valence-corrected chi connectivity index (χ2v) is 17.3. The lowest BCUT2D eigenvalue weighted by atomic mass is 10.0. The van der Waals surface area contributed by atoms with Gasteiger partial charge in [-0.3, -0.25) is 9.59 Å². The van der Waals surface area contributed by atoms with Crippen LogP contribution in [0.5, 0.6) is 0 Å². The van der Waals surface area contributed by atoms with Crippen LogP contribution in [0.25, 0.3) is 0 Å². The molecule has 56 heavy (non-hydrogen) atoms. The fourth-order valence-corrected chi connectivity index (χ4v) is 7.73. The van der Waals surface area contributed by atoms with E-state index in [1.165, 1.54) is 218 Å². The molecule has 0 aromatic heterocycles. The summed E-state index contributed by atoms with van der Waals surface area (Å²) in [6.07, 6.45) is 57.4. The second-order valence-electron chi connectivity index (χ2n) is 17.3. The van der Waals surface area contributed by atoms with Crippen molar-refractivity contribution >= 4 is 11.9 Å². The van der Waals surface area contributed by atoms with Gasteiger partial charge in [-0.1, -0.05) is 244 Å². The number of ether oxygens (including phenoxy) is 2. The Morgan fingerprint density at radius 1 is 0.393 bits per heavy atom. The zero-order valence-corrected chi connectivity index (χ0v) is 37.9. The van der Waals surface area contributed by atoms with Gasteiger partial charge in [-0.2, -0.15) is 0 Å². The Balaban J connectivity index is 3.41. The van der Waals surface area contributed by atoms with Gasteiger partial charge in [0, 0.05) is 12.8 Å².